The third-order valence-electron chi connectivity index (χ3n) is 13.2. The van der Waals surface area contributed by atoms with E-state index < -0.39 is 0 Å². The van der Waals surface area contributed by atoms with Gasteiger partial charge in [0.05, 0.1) is 40.6 Å². The van der Waals surface area contributed by atoms with E-state index in [4.69, 9.17) is 16.5 Å². The number of nitrogens with zero attached hydrogens (tertiary/aromatic N) is 7. The zero-order valence-electron chi connectivity index (χ0n) is 39.5. The highest BCUT2D eigenvalue weighted by Crippen LogP contribution is 2.43. The molecule has 0 amide bonds. The number of hydrogen-bond donors (Lipinski definition) is 0. The minimum absolute atomic E-state index is 0.591. The first-order chi connectivity index (χ1) is 36.1. The highest BCUT2D eigenvalue weighted by molar-refractivity contribution is 6.12. The molecular weight excluding hydrogens is 891 g/mol. The van der Waals surface area contributed by atoms with Gasteiger partial charge in [-0.05, 0) is 126 Å². The van der Waals surface area contributed by atoms with Crippen LogP contribution < -0.4 is 9.80 Å². The second-order valence-electron chi connectivity index (χ2n) is 17.7. The Kier molecular flexibility index (Phi) is 11.6. The number of nitriles is 1. The van der Waals surface area contributed by atoms with Gasteiger partial charge in [-0.1, -0.05) is 146 Å². The van der Waals surface area contributed by atoms with Crippen LogP contribution in [0.15, 0.2) is 261 Å². The van der Waals surface area contributed by atoms with Gasteiger partial charge >= 0.3 is 0 Å². The van der Waals surface area contributed by atoms with Crippen molar-refractivity contribution in [3.63, 3.8) is 0 Å². The topological polar surface area (TPSA) is 65.3 Å². The zero-order chi connectivity index (χ0) is 49.1. The molecule has 0 N–H and O–H groups in total. The van der Waals surface area contributed by atoms with Crippen LogP contribution >= 0.6 is 0 Å². The summed E-state index contributed by atoms with van der Waals surface area (Å²) >= 11 is 0. The van der Waals surface area contributed by atoms with Crippen molar-refractivity contribution in [2.24, 2.45) is 0 Å². The molecule has 2 aromatic heterocycles. The summed E-state index contributed by atoms with van der Waals surface area (Å²) in [6, 6.07) is 91.7. The summed E-state index contributed by atoms with van der Waals surface area (Å²) in [6.07, 6.45) is 0. The predicted octanol–water partition coefficient (Wildman–Crippen LogP) is 17.6. The molecule has 0 unspecified atom stereocenters. The van der Waals surface area contributed by atoms with Crippen molar-refractivity contribution >= 4 is 61.6 Å². The maximum absolute atomic E-state index is 9.66. The molecule has 0 bridgehead atoms. The first kappa shape index (κ1) is 43.9. The zero-order valence-corrected chi connectivity index (χ0v) is 39.5. The molecule has 10 aromatic carbocycles. The smallest absolute Gasteiger partial charge is 0.187 e. The molecule has 0 saturated carbocycles. The normalized spacial score (nSPS) is 11.0. The molecule has 0 aliphatic rings. The van der Waals surface area contributed by atoms with Gasteiger partial charge in [0.2, 0.25) is 0 Å². The number of anilines is 6. The summed E-state index contributed by atoms with van der Waals surface area (Å²) in [5, 5.41) is 11.8. The second kappa shape index (κ2) is 19.2. The van der Waals surface area contributed by atoms with Crippen molar-refractivity contribution in [2.75, 3.05) is 9.80 Å². The van der Waals surface area contributed by atoms with Gasteiger partial charge in [-0.3, -0.25) is 0 Å². The number of para-hydroxylation sites is 2. The van der Waals surface area contributed by atoms with E-state index in [-0.39, 0.29) is 0 Å². The standard InChI is InChI=1S/C66H43N7/c1-68-52-30-36-56(37-31-52)72(54-20-12-5-13-21-54)59-39-41-65-61(43-59)60-42-58(71(53-18-10-4-11-19-53)55-32-22-46(45-67)23-33-55)38-40-64(60)73(65)57-34-28-48(29-35-57)47-24-26-50(27-25-47)63-44-62(49-14-6-2-7-15-49)69-66(70-63)51-16-8-3-9-17-51/h2-44H. The Bertz CT molecular complexity index is 3780. The molecular formula is C66H43N7. The van der Waals surface area contributed by atoms with Crippen LogP contribution in [-0.2, 0) is 0 Å². The second-order valence-corrected chi connectivity index (χ2v) is 17.7. The molecule has 73 heavy (non-hydrogen) atoms. The summed E-state index contributed by atoms with van der Waals surface area (Å²) in [4.78, 5) is 18.2. The first-order valence-electron chi connectivity index (χ1n) is 24.1. The van der Waals surface area contributed by atoms with Gasteiger partial charge in [-0.2, -0.15) is 5.26 Å². The van der Waals surface area contributed by atoms with Gasteiger partial charge in [0.25, 0.3) is 0 Å². The molecule has 342 valence electrons. The maximum Gasteiger partial charge on any atom is 0.187 e. The van der Waals surface area contributed by atoms with Crippen molar-refractivity contribution in [3.8, 4) is 56.8 Å². The molecule has 12 aromatic rings. The number of hydrogen-bond acceptors (Lipinski definition) is 5. The largest absolute Gasteiger partial charge is 0.311 e. The molecule has 0 atom stereocenters. The summed E-state index contributed by atoms with van der Waals surface area (Å²) in [6.45, 7) is 7.61. The Balaban J connectivity index is 0.963. The lowest BCUT2D eigenvalue weighted by molar-refractivity contribution is 1.18. The third kappa shape index (κ3) is 8.61. The van der Waals surface area contributed by atoms with Crippen LogP contribution in [0, 0.1) is 17.9 Å². The number of benzene rings is 10. The molecule has 0 fully saturated rings. The highest BCUT2D eigenvalue weighted by atomic mass is 15.1. The van der Waals surface area contributed by atoms with Gasteiger partial charge in [0.15, 0.2) is 11.5 Å². The van der Waals surface area contributed by atoms with Gasteiger partial charge in [0, 0.05) is 67.3 Å². The van der Waals surface area contributed by atoms with Crippen LogP contribution in [0.3, 0.4) is 0 Å². The Morgan fingerprint density at radius 3 is 1.26 bits per heavy atom. The van der Waals surface area contributed by atoms with E-state index in [1.165, 1.54) is 0 Å². The summed E-state index contributed by atoms with van der Waals surface area (Å²) in [7, 11) is 0. The molecule has 7 heteroatoms. The third-order valence-corrected chi connectivity index (χ3v) is 13.2. The summed E-state index contributed by atoms with van der Waals surface area (Å²) in [5.41, 5.74) is 17.2. The molecule has 2 heterocycles. The van der Waals surface area contributed by atoms with Crippen LogP contribution in [0.25, 0.3) is 77.4 Å². The molecule has 0 aliphatic heterocycles. The summed E-state index contributed by atoms with van der Waals surface area (Å²) in [5.74, 6) is 0.690. The fourth-order valence-electron chi connectivity index (χ4n) is 9.67. The van der Waals surface area contributed by atoms with E-state index in [1.807, 2.05) is 133 Å². The maximum atomic E-state index is 9.66. The minimum atomic E-state index is 0.591. The van der Waals surface area contributed by atoms with Crippen molar-refractivity contribution < 1.29 is 0 Å². The van der Waals surface area contributed by atoms with Crippen molar-refractivity contribution in [1.29, 1.82) is 5.26 Å². The van der Waals surface area contributed by atoms with E-state index in [2.05, 4.69) is 153 Å². The minimum Gasteiger partial charge on any atom is -0.311 e. The SMILES string of the molecule is [C-]#[N+]c1ccc(N(c2ccccc2)c2ccc3c(c2)c2cc(N(c4ccccc4)c4ccc(C#N)cc4)ccc2n3-c2ccc(-c3ccc(-c4cc(-c5ccccc5)nc(-c5ccccc5)n4)cc3)cc2)cc1. The van der Waals surface area contributed by atoms with E-state index in [9.17, 15) is 5.26 Å². The molecule has 0 saturated heterocycles. The quantitative estimate of drug-likeness (QED) is 0.121. The lowest BCUT2D eigenvalue weighted by Gasteiger charge is -2.26. The van der Waals surface area contributed by atoms with Gasteiger partial charge in [-0.25, -0.2) is 14.8 Å². The fourth-order valence-corrected chi connectivity index (χ4v) is 9.67. The Morgan fingerprint density at radius 1 is 0.384 bits per heavy atom. The molecule has 0 spiro atoms. The lowest BCUT2D eigenvalue weighted by Crippen LogP contribution is -2.09. The monoisotopic (exact) mass is 933 g/mol. The van der Waals surface area contributed by atoms with E-state index in [0.717, 1.165) is 101 Å². The van der Waals surface area contributed by atoms with Crippen LogP contribution in [0.4, 0.5) is 39.8 Å². The molecule has 12 rings (SSSR count). The number of aromatic nitrogens is 3. The van der Waals surface area contributed by atoms with Crippen molar-refractivity contribution in [3.05, 3.63) is 278 Å². The molecule has 7 nitrogen and oxygen atoms in total. The van der Waals surface area contributed by atoms with E-state index in [0.29, 0.717) is 17.1 Å². The first-order valence-corrected chi connectivity index (χ1v) is 24.1. The molecule has 0 radical (unpaired) electrons. The Morgan fingerprint density at radius 2 is 0.781 bits per heavy atom. The highest BCUT2D eigenvalue weighted by Gasteiger charge is 2.21. The summed E-state index contributed by atoms with van der Waals surface area (Å²) < 4.78 is 2.35. The van der Waals surface area contributed by atoms with Gasteiger partial charge in [0.1, 0.15) is 0 Å². The van der Waals surface area contributed by atoms with Crippen molar-refractivity contribution in [1.82, 2.24) is 14.5 Å². The fraction of sp³-hybridized carbons (Fsp3) is 0. The Hall–Kier alpha value is -10.3. The molecule has 0 aliphatic carbocycles. The number of fused-ring (bicyclic) bond motifs is 3. The van der Waals surface area contributed by atoms with Crippen LogP contribution in [0.2, 0.25) is 0 Å². The average Bonchev–Trinajstić information content (AvgIpc) is 3.79. The van der Waals surface area contributed by atoms with Gasteiger partial charge in [-0.15, -0.1) is 0 Å². The lowest BCUT2D eigenvalue weighted by atomic mass is 10.0. The van der Waals surface area contributed by atoms with E-state index >= 15 is 0 Å². The van der Waals surface area contributed by atoms with Crippen molar-refractivity contribution in [2.45, 2.75) is 0 Å². The average molecular weight is 934 g/mol. The van der Waals surface area contributed by atoms with Crippen LogP contribution in [0.5, 0.6) is 0 Å². The van der Waals surface area contributed by atoms with Crippen LogP contribution in [-0.4, -0.2) is 14.5 Å². The van der Waals surface area contributed by atoms with E-state index in [1.54, 1.807) is 0 Å². The van der Waals surface area contributed by atoms with Gasteiger partial charge < -0.3 is 14.4 Å². The number of rotatable bonds is 11. The predicted molar refractivity (Wildman–Crippen MR) is 298 cm³/mol. The Labute approximate surface area is 423 Å². The van der Waals surface area contributed by atoms with Crippen LogP contribution in [0.1, 0.15) is 5.56 Å².